The zero-order valence-corrected chi connectivity index (χ0v) is 19.8. The first kappa shape index (κ1) is 29.0. The molecule has 0 rings (SSSR count). The smallest absolute Gasteiger partial charge is 0.200 e. The summed E-state index contributed by atoms with van der Waals surface area (Å²) in [5, 5.41) is 0. The lowest BCUT2D eigenvalue weighted by atomic mass is 10.0. The molecular formula is C28H35F3O. The van der Waals surface area contributed by atoms with E-state index in [2.05, 4.69) is 53.3 Å². The zero-order valence-electron chi connectivity index (χ0n) is 19.8. The summed E-state index contributed by atoms with van der Waals surface area (Å²) in [6, 6.07) is 0. The molecule has 0 fully saturated rings. The first-order chi connectivity index (χ1) is 14.8. The Morgan fingerprint density at radius 2 is 1.41 bits per heavy atom. The van der Waals surface area contributed by atoms with Gasteiger partial charge >= 0.3 is 0 Å². The van der Waals surface area contributed by atoms with Crippen molar-refractivity contribution in [3.63, 3.8) is 0 Å². The van der Waals surface area contributed by atoms with Crippen LogP contribution in [0.1, 0.15) is 40.5 Å². The number of halogens is 3. The van der Waals surface area contributed by atoms with Gasteiger partial charge < -0.3 is 4.74 Å². The predicted molar refractivity (Wildman–Crippen MR) is 132 cm³/mol. The van der Waals surface area contributed by atoms with Crippen molar-refractivity contribution in [1.29, 1.82) is 0 Å². The fraction of sp³-hybridized carbons (Fsp3) is 0.286. The normalized spacial score (nSPS) is 13.1. The van der Waals surface area contributed by atoms with Crippen LogP contribution in [0.15, 0.2) is 120 Å². The monoisotopic (exact) mass is 444 g/mol. The summed E-state index contributed by atoms with van der Waals surface area (Å²) in [6.07, 6.45) is 7.49. The Morgan fingerprint density at radius 1 is 0.844 bits per heavy atom. The number of hydrogen-bond acceptors (Lipinski definition) is 1. The third-order valence-corrected chi connectivity index (χ3v) is 4.43. The third kappa shape index (κ3) is 9.86. The SMILES string of the molecule is C=C(/C=C\C(=C)C(=C)/C(F)=C(/F)C(=C)OCCC)C(=C)/C=C(/F)C(=C)/C(C)=C/CC(C)C. The summed E-state index contributed by atoms with van der Waals surface area (Å²) in [5.41, 5.74) is 1.54. The average molecular weight is 445 g/mol. The molecule has 0 atom stereocenters. The molecule has 0 aliphatic rings. The third-order valence-electron chi connectivity index (χ3n) is 4.43. The van der Waals surface area contributed by atoms with Gasteiger partial charge in [0.05, 0.1) is 6.61 Å². The maximum absolute atomic E-state index is 14.5. The van der Waals surface area contributed by atoms with Crippen molar-refractivity contribution in [3.05, 3.63) is 120 Å². The van der Waals surface area contributed by atoms with Gasteiger partial charge in [0.15, 0.2) is 11.6 Å². The van der Waals surface area contributed by atoms with Crippen LogP contribution in [0.2, 0.25) is 0 Å². The van der Waals surface area contributed by atoms with Gasteiger partial charge in [0, 0.05) is 11.1 Å². The molecule has 0 aromatic heterocycles. The molecule has 174 valence electrons. The minimum Gasteiger partial charge on any atom is -0.491 e. The molecule has 0 heterocycles. The van der Waals surface area contributed by atoms with Crippen LogP contribution < -0.4 is 0 Å². The second kappa shape index (κ2) is 14.1. The number of ether oxygens (including phenoxy) is 1. The maximum Gasteiger partial charge on any atom is 0.200 e. The van der Waals surface area contributed by atoms with Gasteiger partial charge in [0.1, 0.15) is 5.83 Å². The number of allylic oxidation sites excluding steroid dienone is 13. The lowest BCUT2D eigenvalue weighted by Crippen LogP contribution is -1.97. The van der Waals surface area contributed by atoms with E-state index >= 15 is 0 Å². The Hall–Kier alpha value is -3.01. The fourth-order valence-corrected chi connectivity index (χ4v) is 2.15. The highest BCUT2D eigenvalue weighted by atomic mass is 19.2. The fourth-order valence-electron chi connectivity index (χ4n) is 2.15. The van der Waals surface area contributed by atoms with Crippen LogP contribution in [0.3, 0.4) is 0 Å². The molecule has 0 aromatic rings. The van der Waals surface area contributed by atoms with E-state index in [1.54, 1.807) is 6.92 Å². The van der Waals surface area contributed by atoms with Crippen molar-refractivity contribution in [1.82, 2.24) is 0 Å². The van der Waals surface area contributed by atoms with Gasteiger partial charge in [-0.25, -0.2) is 8.78 Å². The highest BCUT2D eigenvalue weighted by molar-refractivity contribution is 5.53. The molecule has 32 heavy (non-hydrogen) atoms. The molecule has 0 bridgehead atoms. The lowest BCUT2D eigenvalue weighted by Gasteiger charge is -2.09. The van der Waals surface area contributed by atoms with Crippen LogP contribution in [0.5, 0.6) is 0 Å². The quantitative estimate of drug-likeness (QED) is 0.192. The Labute approximate surface area is 191 Å². The van der Waals surface area contributed by atoms with Gasteiger partial charge in [0.25, 0.3) is 0 Å². The van der Waals surface area contributed by atoms with Crippen molar-refractivity contribution in [2.75, 3.05) is 6.61 Å². The van der Waals surface area contributed by atoms with E-state index in [0.29, 0.717) is 23.5 Å². The van der Waals surface area contributed by atoms with E-state index in [9.17, 15) is 13.2 Å². The predicted octanol–water partition coefficient (Wildman–Crippen LogP) is 9.26. The van der Waals surface area contributed by atoms with Gasteiger partial charge in [-0.15, -0.1) is 0 Å². The molecule has 4 heteroatoms. The van der Waals surface area contributed by atoms with Crippen molar-refractivity contribution < 1.29 is 17.9 Å². The molecular weight excluding hydrogens is 409 g/mol. The Morgan fingerprint density at radius 3 is 1.94 bits per heavy atom. The van der Waals surface area contributed by atoms with Gasteiger partial charge in [-0.2, -0.15) is 4.39 Å². The molecule has 0 aliphatic carbocycles. The summed E-state index contributed by atoms with van der Waals surface area (Å²) in [4.78, 5) is 0. The highest BCUT2D eigenvalue weighted by Gasteiger charge is 2.15. The number of hydrogen-bond donors (Lipinski definition) is 0. The van der Waals surface area contributed by atoms with Crippen molar-refractivity contribution >= 4 is 0 Å². The van der Waals surface area contributed by atoms with E-state index in [1.807, 2.05) is 13.0 Å². The van der Waals surface area contributed by atoms with E-state index < -0.39 is 23.2 Å². The molecule has 0 saturated carbocycles. The molecule has 0 spiro atoms. The maximum atomic E-state index is 14.5. The van der Waals surface area contributed by atoms with Gasteiger partial charge in [-0.05, 0) is 54.1 Å². The molecule has 0 amide bonds. The summed E-state index contributed by atoms with van der Waals surface area (Å²) in [7, 11) is 0. The molecule has 1 nitrogen and oxygen atoms in total. The molecule has 0 N–H and O–H groups in total. The molecule has 0 radical (unpaired) electrons. The van der Waals surface area contributed by atoms with Crippen molar-refractivity contribution in [2.24, 2.45) is 5.92 Å². The van der Waals surface area contributed by atoms with Gasteiger partial charge in [-0.1, -0.05) is 78.5 Å². The second-order valence-corrected chi connectivity index (χ2v) is 7.77. The van der Waals surface area contributed by atoms with E-state index in [-0.39, 0.29) is 23.3 Å². The second-order valence-electron chi connectivity index (χ2n) is 7.77. The summed E-state index contributed by atoms with van der Waals surface area (Å²) < 4.78 is 47.9. The summed E-state index contributed by atoms with van der Waals surface area (Å²) >= 11 is 0. The molecule has 0 aromatic carbocycles. The minimum absolute atomic E-state index is 0.108. The Balaban J connectivity index is 5.24. The van der Waals surface area contributed by atoms with Crippen LogP contribution in [0.25, 0.3) is 0 Å². The van der Waals surface area contributed by atoms with E-state index in [4.69, 9.17) is 4.74 Å². The van der Waals surface area contributed by atoms with Gasteiger partial charge in [-0.3, -0.25) is 0 Å². The molecule has 0 unspecified atom stereocenters. The Bertz CT molecular complexity index is 905. The zero-order chi connectivity index (χ0) is 25.0. The minimum atomic E-state index is -1.23. The standard InChI is InChI=1S/C28H35F3O/c1-11-16-32-25(10)28(31)27(30)24(9)21(6)15-14-19(4)22(7)17-26(29)23(8)20(5)13-12-18(2)3/h13-15,17-18H,4,6-12,16H2,1-3,5H3/b15-14-,20-13+,26-17+,28-27-. The summed E-state index contributed by atoms with van der Waals surface area (Å²) in [6.45, 7) is 30.0. The topological polar surface area (TPSA) is 9.23 Å². The largest absolute Gasteiger partial charge is 0.491 e. The van der Waals surface area contributed by atoms with Gasteiger partial charge in [0.2, 0.25) is 5.83 Å². The van der Waals surface area contributed by atoms with Crippen LogP contribution in [-0.2, 0) is 4.74 Å². The van der Waals surface area contributed by atoms with Crippen LogP contribution in [-0.4, -0.2) is 6.61 Å². The van der Waals surface area contributed by atoms with Crippen molar-refractivity contribution in [2.45, 2.75) is 40.5 Å². The Kier molecular flexibility index (Phi) is 12.8. The lowest BCUT2D eigenvalue weighted by molar-refractivity contribution is 0.208. The average Bonchev–Trinajstić information content (AvgIpc) is 2.76. The number of rotatable bonds is 14. The summed E-state index contributed by atoms with van der Waals surface area (Å²) in [5.74, 6) is -2.91. The highest BCUT2D eigenvalue weighted by Crippen LogP contribution is 2.28. The van der Waals surface area contributed by atoms with Crippen LogP contribution in [0, 0.1) is 5.92 Å². The molecule has 0 aliphatic heterocycles. The van der Waals surface area contributed by atoms with E-state index in [0.717, 1.165) is 12.0 Å². The van der Waals surface area contributed by atoms with Crippen molar-refractivity contribution in [3.8, 4) is 0 Å². The van der Waals surface area contributed by atoms with Crippen LogP contribution in [0.4, 0.5) is 13.2 Å². The first-order valence-corrected chi connectivity index (χ1v) is 10.4. The van der Waals surface area contributed by atoms with E-state index in [1.165, 1.54) is 18.2 Å². The van der Waals surface area contributed by atoms with Crippen LogP contribution >= 0.6 is 0 Å². The first-order valence-electron chi connectivity index (χ1n) is 10.4. The molecule has 0 saturated heterocycles.